The second-order valence-electron chi connectivity index (χ2n) is 4.37. The summed E-state index contributed by atoms with van der Waals surface area (Å²) in [5.41, 5.74) is 0. The summed E-state index contributed by atoms with van der Waals surface area (Å²) in [6, 6.07) is 0.684. The summed E-state index contributed by atoms with van der Waals surface area (Å²) >= 11 is 0. The van der Waals surface area contributed by atoms with Crippen molar-refractivity contribution in [3.63, 3.8) is 0 Å². The summed E-state index contributed by atoms with van der Waals surface area (Å²) in [5.74, 6) is 1.43. The average molecular weight is 224 g/mol. The first-order valence-corrected chi connectivity index (χ1v) is 6.05. The highest BCUT2D eigenvalue weighted by atomic mass is 16.4. The average Bonchev–Trinajstić information content (AvgIpc) is 2.78. The third-order valence-electron chi connectivity index (χ3n) is 3.15. The van der Waals surface area contributed by atoms with Crippen molar-refractivity contribution in [3.05, 3.63) is 5.89 Å². The van der Waals surface area contributed by atoms with Crippen LogP contribution in [0.4, 0.5) is 6.01 Å². The third kappa shape index (κ3) is 2.52. The molecule has 0 aromatic carbocycles. The molecule has 2 heterocycles. The van der Waals surface area contributed by atoms with Crippen molar-refractivity contribution in [2.45, 2.75) is 32.7 Å². The normalized spacial score (nSPS) is 21.4. The molecule has 1 aromatic rings. The van der Waals surface area contributed by atoms with Crippen LogP contribution in [0.1, 0.15) is 32.1 Å². The summed E-state index contributed by atoms with van der Waals surface area (Å²) in [7, 11) is 1.87. The van der Waals surface area contributed by atoms with Crippen LogP contribution >= 0.6 is 0 Å². The lowest BCUT2D eigenvalue weighted by Crippen LogP contribution is -2.35. The van der Waals surface area contributed by atoms with Crippen LogP contribution in [-0.4, -0.2) is 30.3 Å². The van der Waals surface area contributed by atoms with E-state index in [1.165, 1.54) is 19.3 Å². The molecule has 1 saturated heterocycles. The van der Waals surface area contributed by atoms with E-state index in [-0.39, 0.29) is 0 Å². The Labute approximate surface area is 96.2 Å². The molecule has 0 aliphatic carbocycles. The molecular weight excluding hydrogens is 204 g/mol. The van der Waals surface area contributed by atoms with Crippen LogP contribution in [0.5, 0.6) is 0 Å². The van der Waals surface area contributed by atoms with Gasteiger partial charge in [0.15, 0.2) is 0 Å². The lowest BCUT2D eigenvalue weighted by Gasteiger charge is -2.30. The van der Waals surface area contributed by atoms with Gasteiger partial charge in [0, 0.05) is 13.1 Å². The molecule has 0 saturated carbocycles. The first-order valence-electron chi connectivity index (χ1n) is 6.05. The van der Waals surface area contributed by atoms with Crippen molar-refractivity contribution >= 4 is 6.01 Å². The van der Waals surface area contributed by atoms with Crippen molar-refractivity contribution in [2.75, 3.05) is 25.0 Å². The van der Waals surface area contributed by atoms with E-state index in [0.717, 1.165) is 19.0 Å². The molecule has 16 heavy (non-hydrogen) atoms. The number of aromatic nitrogens is 2. The van der Waals surface area contributed by atoms with Crippen LogP contribution in [0.2, 0.25) is 0 Å². The lowest BCUT2D eigenvalue weighted by atomic mass is 9.96. The zero-order chi connectivity index (χ0) is 11.4. The van der Waals surface area contributed by atoms with Crippen molar-refractivity contribution in [1.82, 2.24) is 15.5 Å². The van der Waals surface area contributed by atoms with Gasteiger partial charge in [-0.3, -0.25) is 0 Å². The fraction of sp³-hybridized carbons (Fsp3) is 0.818. The van der Waals surface area contributed by atoms with Gasteiger partial charge in [-0.05, 0) is 25.8 Å². The molecule has 2 rings (SSSR count). The molecule has 1 aliphatic rings. The van der Waals surface area contributed by atoms with Gasteiger partial charge in [0.2, 0.25) is 5.89 Å². The van der Waals surface area contributed by atoms with E-state index in [1.807, 2.05) is 7.05 Å². The van der Waals surface area contributed by atoms with Crippen molar-refractivity contribution in [3.8, 4) is 0 Å². The molecule has 1 aromatic heterocycles. The van der Waals surface area contributed by atoms with E-state index in [0.29, 0.717) is 18.5 Å². The summed E-state index contributed by atoms with van der Waals surface area (Å²) in [6.45, 7) is 4.97. The van der Waals surface area contributed by atoms with Crippen LogP contribution in [0.25, 0.3) is 0 Å². The zero-order valence-corrected chi connectivity index (χ0v) is 10.1. The van der Waals surface area contributed by atoms with Gasteiger partial charge < -0.3 is 14.6 Å². The Morgan fingerprint density at radius 1 is 1.50 bits per heavy atom. The molecule has 1 N–H and O–H groups in total. The molecule has 0 spiro atoms. The highest BCUT2D eigenvalue weighted by molar-refractivity contribution is 5.24. The van der Waals surface area contributed by atoms with Gasteiger partial charge in [-0.2, -0.15) is 0 Å². The second kappa shape index (κ2) is 5.30. The minimum absolute atomic E-state index is 0.637. The quantitative estimate of drug-likeness (QED) is 0.838. The molecule has 90 valence electrons. The molecule has 5 heteroatoms. The largest absolute Gasteiger partial charge is 0.407 e. The molecule has 1 aliphatic heterocycles. The molecule has 0 bridgehead atoms. The van der Waals surface area contributed by atoms with E-state index in [4.69, 9.17) is 4.42 Å². The minimum atomic E-state index is 0.637. The van der Waals surface area contributed by atoms with E-state index in [1.54, 1.807) is 0 Å². The minimum Gasteiger partial charge on any atom is -0.407 e. The molecule has 1 unspecified atom stereocenters. The van der Waals surface area contributed by atoms with E-state index in [2.05, 4.69) is 27.3 Å². The van der Waals surface area contributed by atoms with Gasteiger partial charge in [0.1, 0.15) is 0 Å². The number of anilines is 1. The molecule has 0 radical (unpaired) electrons. The van der Waals surface area contributed by atoms with E-state index in [9.17, 15) is 0 Å². The first-order chi connectivity index (χ1) is 7.83. The van der Waals surface area contributed by atoms with Crippen LogP contribution in [0, 0.1) is 5.92 Å². The van der Waals surface area contributed by atoms with Crippen LogP contribution < -0.4 is 10.2 Å². The van der Waals surface area contributed by atoms with Gasteiger partial charge in [0.05, 0.1) is 6.54 Å². The second-order valence-corrected chi connectivity index (χ2v) is 4.37. The molecule has 0 amide bonds. The number of rotatable bonds is 4. The predicted molar refractivity (Wildman–Crippen MR) is 62.3 cm³/mol. The Morgan fingerprint density at radius 3 is 3.12 bits per heavy atom. The molecular formula is C11H20N4O. The fourth-order valence-corrected chi connectivity index (χ4v) is 2.17. The van der Waals surface area contributed by atoms with Crippen LogP contribution in [-0.2, 0) is 6.54 Å². The van der Waals surface area contributed by atoms with E-state index < -0.39 is 0 Å². The third-order valence-corrected chi connectivity index (χ3v) is 3.15. The molecule has 1 atom stereocenters. The number of hydrogen-bond donors (Lipinski definition) is 1. The monoisotopic (exact) mass is 224 g/mol. The molecule has 5 nitrogen and oxygen atoms in total. The zero-order valence-electron chi connectivity index (χ0n) is 10.1. The topological polar surface area (TPSA) is 54.2 Å². The summed E-state index contributed by atoms with van der Waals surface area (Å²) in [6.07, 6.45) is 3.78. The van der Waals surface area contributed by atoms with Gasteiger partial charge >= 0.3 is 6.01 Å². The standard InChI is InChI=1S/C11H20N4O/c1-3-9-5-4-6-15(8-9)11-14-13-10(16-11)7-12-2/h9,12H,3-8H2,1-2H3. The number of nitrogens with one attached hydrogen (secondary N) is 1. The maximum atomic E-state index is 5.60. The fourth-order valence-electron chi connectivity index (χ4n) is 2.17. The highest BCUT2D eigenvalue weighted by Crippen LogP contribution is 2.23. The summed E-state index contributed by atoms with van der Waals surface area (Å²) in [5, 5.41) is 11.1. The Kier molecular flexibility index (Phi) is 3.77. The van der Waals surface area contributed by atoms with Crippen LogP contribution in [0.15, 0.2) is 4.42 Å². The van der Waals surface area contributed by atoms with Crippen molar-refractivity contribution < 1.29 is 4.42 Å². The SMILES string of the molecule is CCC1CCCN(c2nnc(CNC)o2)C1. The van der Waals surface area contributed by atoms with Crippen molar-refractivity contribution in [1.29, 1.82) is 0 Å². The molecule has 1 fully saturated rings. The Balaban J connectivity index is 1.99. The number of hydrogen-bond acceptors (Lipinski definition) is 5. The number of nitrogens with zero attached hydrogens (tertiary/aromatic N) is 3. The predicted octanol–water partition coefficient (Wildman–Crippen LogP) is 1.42. The van der Waals surface area contributed by atoms with Gasteiger partial charge in [-0.1, -0.05) is 18.4 Å². The Morgan fingerprint density at radius 2 is 2.38 bits per heavy atom. The maximum Gasteiger partial charge on any atom is 0.318 e. The smallest absolute Gasteiger partial charge is 0.318 e. The summed E-state index contributed by atoms with van der Waals surface area (Å²) < 4.78 is 5.60. The Bertz CT molecular complexity index is 326. The van der Waals surface area contributed by atoms with Gasteiger partial charge in [-0.15, -0.1) is 5.10 Å². The summed E-state index contributed by atoms with van der Waals surface area (Å²) in [4.78, 5) is 2.21. The highest BCUT2D eigenvalue weighted by Gasteiger charge is 2.22. The van der Waals surface area contributed by atoms with Crippen molar-refractivity contribution in [2.24, 2.45) is 5.92 Å². The van der Waals surface area contributed by atoms with Crippen LogP contribution in [0.3, 0.4) is 0 Å². The van der Waals surface area contributed by atoms with Gasteiger partial charge in [-0.25, -0.2) is 0 Å². The van der Waals surface area contributed by atoms with Gasteiger partial charge in [0.25, 0.3) is 0 Å². The lowest BCUT2D eigenvalue weighted by molar-refractivity contribution is 0.378. The number of piperidine rings is 1. The van der Waals surface area contributed by atoms with E-state index >= 15 is 0 Å². The first kappa shape index (κ1) is 11.4. The maximum absolute atomic E-state index is 5.60. The Hall–Kier alpha value is -1.10.